The van der Waals surface area contributed by atoms with Crippen LogP contribution >= 0.6 is 23.2 Å². The molecule has 0 fully saturated rings. The van der Waals surface area contributed by atoms with Crippen LogP contribution in [0.1, 0.15) is 16.1 Å². The number of carboxylic acids is 1. The number of pyridine rings is 1. The van der Waals surface area contributed by atoms with Gasteiger partial charge in [-0.2, -0.15) is 0 Å². The van der Waals surface area contributed by atoms with Crippen LogP contribution in [-0.2, 0) is 6.61 Å². The number of nitrogens with zero attached hydrogens (tertiary/aromatic N) is 1. The van der Waals surface area contributed by atoms with Crippen molar-refractivity contribution < 1.29 is 14.6 Å². The van der Waals surface area contributed by atoms with Gasteiger partial charge in [0.25, 0.3) is 0 Å². The fourth-order valence-corrected chi connectivity index (χ4v) is 1.76. The van der Waals surface area contributed by atoms with E-state index in [1.807, 2.05) is 0 Å². The van der Waals surface area contributed by atoms with Gasteiger partial charge in [0.2, 0.25) is 0 Å². The molecule has 0 saturated heterocycles. The first kappa shape index (κ1) is 13.6. The van der Waals surface area contributed by atoms with Crippen molar-refractivity contribution in [2.24, 2.45) is 0 Å². The van der Waals surface area contributed by atoms with Crippen molar-refractivity contribution in [1.82, 2.24) is 4.98 Å². The second-order valence-electron chi connectivity index (χ2n) is 3.72. The molecule has 1 aromatic carbocycles. The first-order chi connectivity index (χ1) is 9.06. The van der Waals surface area contributed by atoms with Crippen molar-refractivity contribution in [3.63, 3.8) is 0 Å². The third-order valence-electron chi connectivity index (χ3n) is 2.33. The highest BCUT2D eigenvalue weighted by Crippen LogP contribution is 2.28. The zero-order valence-electron chi connectivity index (χ0n) is 9.64. The summed E-state index contributed by atoms with van der Waals surface area (Å²) < 4.78 is 5.50. The van der Waals surface area contributed by atoms with Crippen molar-refractivity contribution in [3.8, 4) is 5.75 Å². The van der Waals surface area contributed by atoms with Crippen LogP contribution in [0.4, 0.5) is 0 Å². The van der Waals surface area contributed by atoms with E-state index in [-0.39, 0.29) is 12.3 Å². The lowest BCUT2D eigenvalue weighted by Crippen LogP contribution is -2.03. The Balaban J connectivity index is 2.12. The van der Waals surface area contributed by atoms with Crippen LogP contribution in [-0.4, -0.2) is 16.1 Å². The van der Waals surface area contributed by atoms with Gasteiger partial charge in [0.1, 0.15) is 18.1 Å². The fraction of sp³-hybridized carbons (Fsp3) is 0.0769. The second kappa shape index (κ2) is 5.91. The van der Waals surface area contributed by atoms with Crippen molar-refractivity contribution in [2.75, 3.05) is 0 Å². The first-order valence-electron chi connectivity index (χ1n) is 5.32. The number of rotatable bonds is 4. The summed E-state index contributed by atoms with van der Waals surface area (Å²) in [6.07, 6.45) is 1.42. The molecule has 0 radical (unpaired) electrons. The van der Waals surface area contributed by atoms with E-state index in [2.05, 4.69) is 4.98 Å². The molecule has 4 nitrogen and oxygen atoms in total. The molecule has 1 heterocycles. The van der Waals surface area contributed by atoms with Gasteiger partial charge in [-0.15, -0.1) is 0 Å². The summed E-state index contributed by atoms with van der Waals surface area (Å²) in [7, 11) is 0. The number of carboxylic acid groups (broad SMARTS) is 1. The summed E-state index contributed by atoms with van der Waals surface area (Å²) in [6.45, 7) is 0.183. The van der Waals surface area contributed by atoms with Gasteiger partial charge in [0.15, 0.2) is 0 Å². The molecule has 19 heavy (non-hydrogen) atoms. The van der Waals surface area contributed by atoms with Gasteiger partial charge in [-0.3, -0.25) is 0 Å². The maximum absolute atomic E-state index is 10.8. The molecule has 2 aromatic rings. The number of halogens is 2. The molecule has 1 N–H and O–H groups in total. The van der Waals surface area contributed by atoms with Gasteiger partial charge >= 0.3 is 5.97 Å². The van der Waals surface area contributed by atoms with Crippen LogP contribution in [0.5, 0.6) is 5.75 Å². The fourth-order valence-electron chi connectivity index (χ4n) is 1.43. The van der Waals surface area contributed by atoms with Crippen LogP contribution in [0, 0.1) is 0 Å². The Morgan fingerprint density at radius 3 is 2.79 bits per heavy atom. The molecule has 0 aliphatic heterocycles. The standard InChI is InChI=1S/C13H9Cl2NO3/c14-9-1-2-10(15)12(6-9)19-7-8-3-4-16-11(5-8)13(17)18/h1-6H,7H2,(H,17,18). The highest BCUT2D eigenvalue weighted by atomic mass is 35.5. The summed E-state index contributed by atoms with van der Waals surface area (Å²) >= 11 is 11.8. The Kier molecular flexibility index (Phi) is 4.24. The molecule has 0 unspecified atom stereocenters. The summed E-state index contributed by atoms with van der Waals surface area (Å²) in [4.78, 5) is 14.5. The van der Waals surface area contributed by atoms with Gasteiger partial charge in [-0.05, 0) is 29.8 Å². The molecule has 2 rings (SSSR count). The lowest BCUT2D eigenvalue weighted by molar-refractivity contribution is 0.0690. The largest absolute Gasteiger partial charge is 0.487 e. The molecule has 0 bridgehead atoms. The van der Waals surface area contributed by atoms with E-state index >= 15 is 0 Å². The van der Waals surface area contributed by atoms with E-state index in [1.54, 1.807) is 24.3 Å². The van der Waals surface area contributed by atoms with E-state index in [4.69, 9.17) is 33.0 Å². The minimum absolute atomic E-state index is 0.0294. The zero-order chi connectivity index (χ0) is 13.8. The Labute approximate surface area is 119 Å². The quantitative estimate of drug-likeness (QED) is 0.935. The van der Waals surface area contributed by atoms with E-state index in [1.165, 1.54) is 12.3 Å². The Bertz CT molecular complexity index is 617. The predicted octanol–water partition coefficient (Wildman–Crippen LogP) is 3.67. The highest BCUT2D eigenvalue weighted by molar-refractivity contribution is 6.34. The maximum Gasteiger partial charge on any atom is 0.354 e. The maximum atomic E-state index is 10.8. The van der Waals surface area contributed by atoms with Crippen LogP contribution in [0.3, 0.4) is 0 Å². The summed E-state index contributed by atoms with van der Waals surface area (Å²) in [5.41, 5.74) is 0.654. The van der Waals surface area contributed by atoms with Gasteiger partial charge in [0.05, 0.1) is 5.02 Å². The number of hydrogen-bond acceptors (Lipinski definition) is 3. The highest BCUT2D eigenvalue weighted by Gasteiger charge is 2.07. The lowest BCUT2D eigenvalue weighted by Gasteiger charge is -2.08. The molecule has 98 valence electrons. The number of ether oxygens (including phenoxy) is 1. The van der Waals surface area contributed by atoms with E-state index < -0.39 is 5.97 Å². The molecular weight excluding hydrogens is 289 g/mol. The average molecular weight is 298 g/mol. The Morgan fingerprint density at radius 2 is 2.05 bits per heavy atom. The lowest BCUT2D eigenvalue weighted by atomic mass is 10.2. The molecule has 0 aliphatic carbocycles. The topological polar surface area (TPSA) is 59.4 Å². The van der Waals surface area contributed by atoms with E-state index in [0.29, 0.717) is 21.4 Å². The number of hydrogen-bond donors (Lipinski definition) is 1. The SMILES string of the molecule is O=C(O)c1cc(COc2cc(Cl)ccc2Cl)ccn1. The second-order valence-corrected chi connectivity index (χ2v) is 4.56. The van der Waals surface area contributed by atoms with E-state index in [0.717, 1.165) is 0 Å². The van der Waals surface area contributed by atoms with E-state index in [9.17, 15) is 4.79 Å². The summed E-state index contributed by atoms with van der Waals surface area (Å²) in [5.74, 6) is -0.634. The van der Waals surface area contributed by atoms with Gasteiger partial charge in [0, 0.05) is 17.3 Å². The zero-order valence-corrected chi connectivity index (χ0v) is 11.1. The normalized spacial score (nSPS) is 10.2. The summed E-state index contributed by atoms with van der Waals surface area (Å²) in [5, 5.41) is 9.79. The van der Waals surface area contributed by atoms with Crippen LogP contribution in [0.2, 0.25) is 10.0 Å². The third kappa shape index (κ3) is 3.59. The molecule has 0 saturated carbocycles. The molecular formula is C13H9Cl2NO3. The van der Waals surface area contributed by atoms with Gasteiger partial charge in [-0.25, -0.2) is 9.78 Å². The van der Waals surface area contributed by atoms with Crippen molar-refractivity contribution in [2.45, 2.75) is 6.61 Å². The average Bonchev–Trinajstić information content (AvgIpc) is 2.40. The molecule has 0 aliphatic rings. The van der Waals surface area contributed by atoms with Crippen molar-refractivity contribution in [3.05, 3.63) is 57.8 Å². The molecule has 0 atom stereocenters. The van der Waals surface area contributed by atoms with Gasteiger partial charge < -0.3 is 9.84 Å². The number of aromatic carboxylic acids is 1. The monoisotopic (exact) mass is 297 g/mol. The minimum Gasteiger partial charge on any atom is -0.487 e. The molecule has 1 aromatic heterocycles. The number of aromatic nitrogens is 1. The number of benzene rings is 1. The van der Waals surface area contributed by atoms with Crippen LogP contribution in [0.15, 0.2) is 36.5 Å². The Morgan fingerprint density at radius 1 is 1.26 bits per heavy atom. The minimum atomic E-state index is -1.08. The van der Waals surface area contributed by atoms with Crippen LogP contribution in [0.25, 0.3) is 0 Å². The molecule has 0 amide bonds. The summed E-state index contributed by atoms with van der Waals surface area (Å²) in [6, 6.07) is 8.01. The van der Waals surface area contributed by atoms with Crippen molar-refractivity contribution in [1.29, 1.82) is 0 Å². The molecule has 0 spiro atoms. The first-order valence-corrected chi connectivity index (χ1v) is 6.08. The molecule has 6 heteroatoms. The third-order valence-corrected chi connectivity index (χ3v) is 2.88. The number of carbonyl (C=O) groups is 1. The van der Waals surface area contributed by atoms with Crippen LogP contribution < -0.4 is 4.74 Å². The predicted molar refractivity (Wildman–Crippen MR) is 72.0 cm³/mol. The Hall–Kier alpha value is -1.78. The smallest absolute Gasteiger partial charge is 0.354 e. The van der Waals surface area contributed by atoms with Gasteiger partial charge in [-0.1, -0.05) is 23.2 Å². The van der Waals surface area contributed by atoms with Crippen molar-refractivity contribution >= 4 is 29.2 Å².